The fourth-order valence-electron chi connectivity index (χ4n) is 2.86. The molecule has 1 amide bonds. The van der Waals surface area contributed by atoms with E-state index in [2.05, 4.69) is 10.2 Å². The second-order valence-corrected chi connectivity index (χ2v) is 7.87. The van der Waals surface area contributed by atoms with Crippen molar-refractivity contribution < 1.29 is 13.2 Å². The van der Waals surface area contributed by atoms with Crippen molar-refractivity contribution in [3.05, 3.63) is 30.3 Å². The van der Waals surface area contributed by atoms with Crippen LogP contribution in [0.25, 0.3) is 0 Å². The van der Waals surface area contributed by atoms with Gasteiger partial charge in [0.05, 0.1) is 6.26 Å². The van der Waals surface area contributed by atoms with E-state index in [0.717, 1.165) is 31.3 Å². The first-order valence-electron chi connectivity index (χ1n) is 7.90. The Hall–Kier alpha value is -1.60. The number of anilines is 1. The highest BCUT2D eigenvalue weighted by Crippen LogP contribution is 2.20. The molecule has 1 aromatic rings. The molecule has 1 aromatic carbocycles. The second-order valence-electron chi connectivity index (χ2n) is 5.93. The Morgan fingerprint density at radius 1 is 1.35 bits per heavy atom. The lowest BCUT2D eigenvalue weighted by Crippen LogP contribution is -2.45. The Balaban J connectivity index is 1.75. The van der Waals surface area contributed by atoms with Gasteiger partial charge < -0.3 is 10.2 Å². The molecule has 1 N–H and O–H groups in total. The third kappa shape index (κ3) is 4.94. The molecular formula is C16H25N3O3S. The summed E-state index contributed by atoms with van der Waals surface area (Å²) in [6, 6.07) is 9.51. The number of carbonyl (C=O) groups excluding carboxylic acids is 1. The highest BCUT2D eigenvalue weighted by molar-refractivity contribution is 7.88. The molecule has 0 bridgehead atoms. The summed E-state index contributed by atoms with van der Waals surface area (Å²) >= 11 is 0. The molecule has 0 spiro atoms. The van der Waals surface area contributed by atoms with Crippen molar-refractivity contribution in [1.29, 1.82) is 0 Å². The molecule has 0 unspecified atom stereocenters. The van der Waals surface area contributed by atoms with Crippen molar-refractivity contribution in [2.24, 2.45) is 0 Å². The minimum absolute atomic E-state index is 0.185. The normalized spacial score (nSPS) is 18.8. The van der Waals surface area contributed by atoms with Crippen LogP contribution in [0.15, 0.2) is 30.3 Å². The van der Waals surface area contributed by atoms with Gasteiger partial charge in [-0.3, -0.25) is 4.79 Å². The van der Waals surface area contributed by atoms with Gasteiger partial charge in [-0.25, -0.2) is 8.42 Å². The first-order valence-corrected chi connectivity index (χ1v) is 9.75. The predicted molar refractivity (Wildman–Crippen MR) is 91.9 cm³/mol. The molecule has 6 nitrogen and oxygen atoms in total. The van der Waals surface area contributed by atoms with Gasteiger partial charge in [0, 0.05) is 32.4 Å². The van der Waals surface area contributed by atoms with E-state index < -0.39 is 16.1 Å². The molecule has 128 valence electrons. The van der Waals surface area contributed by atoms with Crippen molar-refractivity contribution in [2.45, 2.75) is 25.3 Å². The van der Waals surface area contributed by atoms with E-state index in [1.807, 2.05) is 37.4 Å². The van der Waals surface area contributed by atoms with Crippen LogP contribution in [0.3, 0.4) is 0 Å². The van der Waals surface area contributed by atoms with Crippen LogP contribution in [0.5, 0.6) is 0 Å². The summed E-state index contributed by atoms with van der Waals surface area (Å²) in [5.41, 5.74) is 1.14. The van der Waals surface area contributed by atoms with Crippen LogP contribution in [0.2, 0.25) is 0 Å². The molecule has 1 aliphatic rings. The maximum absolute atomic E-state index is 12.2. The number of nitrogens with zero attached hydrogens (tertiary/aromatic N) is 2. The van der Waals surface area contributed by atoms with Crippen LogP contribution in [0.1, 0.15) is 19.3 Å². The SMILES string of the molecule is CN(CCCNC(=O)[C@@H]1CCCN1S(C)(=O)=O)c1ccccc1. The lowest BCUT2D eigenvalue weighted by atomic mass is 10.2. The topological polar surface area (TPSA) is 69.7 Å². The number of carbonyl (C=O) groups is 1. The number of rotatable bonds is 7. The van der Waals surface area contributed by atoms with E-state index >= 15 is 0 Å². The number of hydrogen-bond donors (Lipinski definition) is 1. The molecule has 0 saturated carbocycles. The Bertz CT molecular complexity index is 619. The van der Waals surface area contributed by atoms with Crippen LogP contribution in [-0.2, 0) is 14.8 Å². The summed E-state index contributed by atoms with van der Waals surface area (Å²) in [4.78, 5) is 14.3. The summed E-state index contributed by atoms with van der Waals surface area (Å²) in [6.45, 7) is 1.81. The minimum Gasteiger partial charge on any atom is -0.375 e. The maximum Gasteiger partial charge on any atom is 0.238 e. The molecule has 1 heterocycles. The molecule has 0 aromatic heterocycles. The Morgan fingerprint density at radius 3 is 2.70 bits per heavy atom. The van der Waals surface area contributed by atoms with Crippen molar-refractivity contribution in [3.63, 3.8) is 0 Å². The summed E-state index contributed by atoms with van der Waals surface area (Å²) < 4.78 is 24.6. The summed E-state index contributed by atoms with van der Waals surface area (Å²) in [7, 11) is -1.30. The Kier molecular flexibility index (Phi) is 6.01. The fourth-order valence-corrected chi connectivity index (χ4v) is 3.98. The Labute approximate surface area is 138 Å². The van der Waals surface area contributed by atoms with Crippen LogP contribution < -0.4 is 10.2 Å². The van der Waals surface area contributed by atoms with E-state index in [1.54, 1.807) is 0 Å². The summed E-state index contributed by atoms with van der Waals surface area (Å²) in [5, 5.41) is 2.86. The van der Waals surface area contributed by atoms with Gasteiger partial charge in [-0.1, -0.05) is 18.2 Å². The molecule has 0 radical (unpaired) electrons. The van der Waals surface area contributed by atoms with Gasteiger partial charge in [0.1, 0.15) is 6.04 Å². The molecule has 1 saturated heterocycles. The third-order valence-corrected chi connectivity index (χ3v) is 5.39. The second kappa shape index (κ2) is 7.79. The van der Waals surface area contributed by atoms with Crippen molar-refractivity contribution in [3.8, 4) is 0 Å². The smallest absolute Gasteiger partial charge is 0.238 e. The van der Waals surface area contributed by atoms with E-state index in [0.29, 0.717) is 19.5 Å². The average Bonchev–Trinajstić information content (AvgIpc) is 3.02. The van der Waals surface area contributed by atoms with Gasteiger partial charge in [0.15, 0.2) is 0 Å². The highest BCUT2D eigenvalue weighted by Gasteiger charge is 2.36. The molecule has 1 atom stereocenters. The maximum atomic E-state index is 12.2. The molecule has 0 aliphatic carbocycles. The molecule has 1 fully saturated rings. The molecular weight excluding hydrogens is 314 g/mol. The quantitative estimate of drug-likeness (QED) is 0.754. The largest absolute Gasteiger partial charge is 0.375 e. The fraction of sp³-hybridized carbons (Fsp3) is 0.562. The molecule has 23 heavy (non-hydrogen) atoms. The lowest BCUT2D eigenvalue weighted by molar-refractivity contribution is -0.124. The monoisotopic (exact) mass is 339 g/mol. The summed E-state index contributed by atoms with van der Waals surface area (Å²) in [5.74, 6) is -0.185. The number of para-hydroxylation sites is 1. The number of nitrogens with one attached hydrogen (secondary N) is 1. The molecule has 1 aliphatic heterocycles. The number of benzene rings is 1. The van der Waals surface area contributed by atoms with Crippen LogP contribution in [0.4, 0.5) is 5.69 Å². The molecule has 2 rings (SSSR count). The summed E-state index contributed by atoms with van der Waals surface area (Å²) in [6.07, 6.45) is 3.31. The van der Waals surface area contributed by atoms with Gasteiger partial charge in [0.2, 0.25) is 15.9 Å². The zero-order valence-electron chi connectivity index (χ0n) is 13.7. The molecule has 7 heteroatoms. The van der Waals surface area contributed by atoms with E-state index in [1.165, 1.54) is 4.31 Å². The van der Waals surface area contributed by atoms with Crippen molar-refractivity contribution in [2.75, 3.05) is 37.8 Å². The van der Waals surface area contributed by atoms with E-state index in [-0.39, 0.29) is 5.91 Å². The van der Waals surface area contributed by atoms with Gasteiger partial charge in [-0.05, 0) is 31.4 Å². The predicted octanol–water partition coefficient (Wildman–Crippen LogP) is 1.05. The van der Waals surface area contributed by atoms with Crippen LogP contribution in [0, 0.1) is 0 Å². The van der Waals surface area contributed by atoms with E-state index in [4.69, 9.17) is 0 Å². The third-order valence-electron chi connectivity index (χ3n) is 4.10. The van der Waals surface area contributed by atoms with Gasteiger partial charge in [-0.15, -0.1) is 0 Å². The minimum atomic E-state index is -3.31. The Morgan fingerprint density at radius 2 is 2.04 bits per heavy atom. The van der Waals surface area contributed by atoms with Crippen LogP contribution in [-0.4, -0.2) is 57.6 Å². The van der Waals surface area contributed by atoms with Crippen molar-refractivity contribution >= 4 is 21.6 Å². The van der Waals surface area contributed by atoms with Crippen LogP contribution >= 0.6 is 0 Å². The number of amides is 1. The lowest BCUT2D eigenvalue weighted by Gasteiger charge is -2.22. The van der Waals surface area contributed by atoms with Gasteiger partial charge in [0.25, 0.3) is 0 Å². The highest BCUT2D eigenvalue weighted by atomic mass is 32.2. The average molecular weight is 339 g/mol. The first-order chi connectivity index (χ1) is 10.9. The van der Waals surface area contributed by atoms with Gasteiger partial charge in [-0.2, -0.15) is 4.31 Å². The zero-order chi connectivity index (χ0) is 16.9. The zero-order valence-corrected chi connectivity index (χ0v) is 14.6. The van der Waals surface area contributed by atoms with Gasteiger partial charge >= 0.3 is 0 Å². The standard InChI is InChI=1S/C16H25N3O3S/c1-18(14-8-4-3-5-9-14)12-7-11-17-16(20)15-10-6-13-19(15)23(2,21)22/h3-5,8-9,15H,6-7,10-13H2,1-2H3,(H,17,20)/t15-/m0/s1. The van der Waals surface area contributed by atoms with Crippen molar-refractivity contribution in [1.82, 2.24) is 9.62 Å². The number of sulfonamides is 1. The number of hydrogen-bond acceptors (Lipinski definition) is 4. The first kappa shape index (κ1) is 17.7. The van der Waals surface area contributed by atoms with E-state index in [9.17, 15) is 13.2 Å².